The lowest BCUT2D eigenvalue weighted by molar-refractivity contribution is 0.307. The molecule has 2 aromatic carbocycles. The molecule has 0 N–H and O–H groups in total. The Morgan fingerprint density at radius 3 is 2.41 bits per heavy atom. The molecule has 3 rings (SSSR count). The first-order chi connectivity index (χ1) is 8.34. The van der Waals surface area contributed by atoms with Crippen molar-refractivity contribution in [3.8, 4) is 0 Å². The van der Waals surface area contributed by atoms with Crippen LogP contribution in [0.3, 0.4) is 0 Å². The Morgan fingerprint density at radius 1 is 0.941 bits per heavy atom. The van der Waals surface area contributed by atoms with Crippen LogP contribution in [0.15, 0.2) is 59.1 Å². The first-order valence-corrected chi connectivity index (χ1v) is 5.88. The second-order valence-corrected chi connectivity index (χ2v) is 4.30. The summed E-state index contributed by atoms with van der Waals surface area (Å²) in [5.74, 6) is 0. The summed E-state index contributed by atoms with van der Waals surface area (Å²) in [4.78, 5) is 0. The van der Waals surface area contributed by atoms with Crippen LogP contribution < -0.4 is 0 Å². The second kappa shape index (κ2) is 4.18. The standard InChI is InChI=1S/C14H11NOS/c17-14-12-8-4-5-9-13(12)16-15(14)10-11-6-2-1-3-7-11/h1-9H,10H2. The van der Waals surface area contributed by atoms with Gasteiger partial charge in [0.25, 0.3) is 0 Å². The van der Waals surface area contributed by atoms with Gasteiger partial charge in [-0.15, -0.1) is 0 Å². The zero-order valence-corrected chi connectivity index (χ0v) is 9.98. The molecule has 2 nitrogen and oxygen atoms in total. The lowest BCUT2D eigenvalue weighted by Crippen LogP contribution is -1.96. The Morgan fingerprint density at radius 2 is 1.65 bits per heavy atom. The Labute approximate surface area is 104 Å². The third-order valence-electron chi connectivity index (χ3n) is 2.72. The largest absolute Gasteiger partial charge is 0.378 e. The normalized spacial score (nSPS) is 10.8. The highest BCUT2D eigenvalue weighted by Crippen LogP contribution is 2.18. The third-order valence-corrected chi connectivity index (χ3v) is 3.15. The van der Waals surface area contributed by atoms with E-state index >= 15 is 0 Å². The Balaban J connectivity index is 2.07. The van der Waals surface area contributed by atoms with Gasteiger partial charge in [0, 0.05) is 0 Å². The number of para-hydroxylation sites is 1. The Kier molecular flexibility index (Phi) is 2.53. The van der Waals surface area contributed by atoms with Crippen LogP contribution in [0.4, 0.5) is 0 Å². The van der Waals surface area contributed by atoms with Gasteiger partial charge in [-0.05, 0) is 17.7 Å². The highest BCUT2D eigenvalue weighted by Gasteiger charge is 2.05. The maximum absolute atomic E-state index is 5.72. The molecular formula is C14H11NOS. The summed E-state index contributed by atoms with van der Waals surface area (Å²) in [7, 11) is 0. The van der Waals surface area contributed by atoms with E-state index in [0.717, 1.165) is 15.6 Å². The molecule has 0 saturated carbocycles. The zero-order chi connectivity index (χ0) is 11.7. The van der Waals surface area contributed by atoms with Crippen LogP contribution >= 0.6 is 12.2 Å². The minimum Gasteiger partial charge on any atom is -0.378 e. The molecule has 0 atom stereocenters. The molecule has 84 valence electrons. The minimum absolute atomic E-state index is 0.675. The molecule has 0 aliphatic heterocycles. The van der Waals surface area contributed by atoms with E-state index in [-0.39, 0.29) is 0 Å². The molecule has 0 unspecified atom stereocenters. The van der Waals surface area contributed by atoms with E-state index < -0.39 is 0 Å². The Hall–Kier alpha value is -1.87. The van der Waals surface area contributed by atoms with Crippen molar-refractivity contribution in [1.82, 2.24) is 4.74 Å². The Bertz CT molecular complexity index is 697. The molecule has 0 amide bonds. The molecule has 0 spiro atoms. The van der Waals surface area contributed by atoms with Crippen LogP contribution in [0.1, 0.15) is 5.56 Å². The molecule has 1 aromatic heterocycles. The average molecular weight is 241 g/mol. The lowest BCUT2D eigenvalue weighted by atomic mass is 10.2. The van der Waals surface area contributed by atoms with Gasteiger partial charge in [0.05, 0.1) is 11.9 Å². The maximum Gasteiger partial charge on any atom is 0.165 e. The van der Waals surface area contributed by atoms with Gasteiger partial charge >= 0.3 is 0 Å². The first-order valence-electron chi connectivity index (χ1n) is 5.47. The van der Waals surface area contributed by atoms with Crippen LogP contribution in [0.25, 0.3) is 11.0 Å². The maximum atomic E-state index is 5.72. The van der Waals surface area contributed by atoms with Crippen molar-refractivity contribution in [2.24, 2.45) is 0 Å². The molecule has 0 saturated heterocycles. The van der Waals surface area contributed by atoms with Crippen LogP contribution in [0.5, 0.6) is 0 Å². The van der Waals surface area contributed by atoms with E-state index in [2.05, 4.69) is 12.1 Å². The topological polar surface area (TPSA) is 18.1 Å². The molecule has 1 heterocycles. The average Bonchev–Trinajstić information content (AvgIpc) is 2.68. The number of nitrogens with zero attached hydrogens (tertiary/aromatic N) is 1. The third kappa shape index (κ3) is 1.89. The lowest BCUT2D eigenvalue weighted by Gasteiger charge is -2.00. The number of hydrogen-bond donors (Lipinski definition) is 0. The molecule has 0 fully saturated rings. The van der Waals surface area contributed by atoms with Gasteiger partial charge < -0.3 is 4.52 Å². The predicted octanol–water partition coefficient (Wildman–Crippen LogP) is 4.01. The van der Waals surface area contributed by atoms with Gasteiger partial charge in [0.2, 0.25) is 0 Å². The smallest absolute Gasteiger partial charge is 0.165 e. The predicted molar refractivity (Wildman–Crippen MR) is 70.6 cm³/mol. The monoisotopic (exact) mass is 241 g/mol. The summed E-state index contributed by atoms with van der Waals surface area (Å²) in [5, 5.41) is 0.999. The van der Waals surface area contributed by atoms with E-state index in [1.807, 2.05) is 42.5 Å². The number of hydrogen-bond acceptors (Lipinski definition) is 2. The van der Waals surface area contributed by atoms with Gasteiger partial charge in [0.15, 0.2) is 5.58 Å². The molecule has 0 aliphatic carbocycles. The van der Waals surface area contributed by atoms with Gasteiger partial charge in [-0.1, -0.05) is 54.7 Å². The van der Waals surface area contributed by atoms with E-state index in [0.29, 0.717) is 6.54 Å². The van der Waals surface area contributed by atoms with Crippen molar-refractivity contribution in [2.45, 2.75) is 6.54 Å². The summed E-state index contributed by atoms with van der Waals surface area (Å²) >= 11 is 5.40. The number of aromatic nitrogens is 1. The fraction of sp³-hybridized carbons (Fsp3) is 0.0714. The van der Waals surface area contributed by atoms with Gasteiger partial charge in [-0.25, -0.2) is 0 Å². The van der Waals surface area contributed by atoms with Crippen molar-refractivity contribution in [3.63, 3.8) is 0 Å². The molecule has 3 aromatic rings. The second-order valence-electron chi connectivity index (χ2n) is 3.91. The summed E-state index contributed by atoms with van der Waals surface area (Å²) in [6.45, 7) is 0.675. The minimum atomic E-state index is 0.675. The van der Waals surface area contributed by atoms with E-state index in [4.69, 9.17) is 16.7 Å². The van der Waals surface area contributed by atoms with E-state index in [1.54, 1.807) is 4.74 Å². The van der Waals surface area contributed by atoms with Crippen LogP contribution in [0.2, 0.25) is 0 Å². The van der Waals surface area contributed by atoms with E-state index in [9.17, 15) is 0 Å². The summed E-state index contributed by atoms with van der Waals surface area (Å²) in [5.41, 5.74) is 2.02. The summed E-state index contributed by atoms with van der Waals surface area (Å²) < 4.78 is 8.23. The number of benzene rings is 2. The fourth-order valence-electron chi connectivity index (χ4n) is 1.87. The van der Waals surface area contributed by atoms with Crippen LogP contribution in [0, 0.1) is 4.64 Å². The quantitative estimate of drug-likeness (QED) is 0.631. The van der Waals surface area contributed by atoms with Crippen LogP contribution in [-0.4, -0.2) is 4.74 Å². The zero-order valence-electron chi connectivity index (χ0n) is 9.17. The summed E-state index contributed by atoms with van der Waals surface area (Å²) in [6, 6.07) is 18.0. The van der Waals surface area contributed by atoms with Gasteiger partial charge in [-0.2, -0.15) is 4.74 Å². The van der Waals surface area contributed by atoms with Crippen molar-refractivity contribution in [1.29, 1.82) is 0 Å². The highest BCUT2D eigenvalue weighted by molar-refractivity contribution is 7.71. The molecule has 17 heavy (non-hydrogen) atoms. The SMILES string of the molecule is S=c1c2ccccc2on1Cc1ccccc1. The molecule has 3 heteroatoms. The summed E-state index contributed by atoms with van der Waals surface area (Å²) in [6.07, 6.45) is 0. The first kappa shape index (κ1) is 10.3. The van der Waals surface area contributed by atoms with Crippen molar-refractivity contribution in [3.05, 3.63) is 64.8 Å². The van der Waals surface area contributed by atoms with E-state index in [1.165, 1.54) is 5.56 Å². The highest BCUT2D eigenvalue weighted by atomic mass is 32.1. The molecule has 0 aliphatic rings. The number of fused-ring (bicyclic) bond motifs is 1. The van der Waals surface area contributed by atoms with Crippen molar-refractivity contribution in [2.75, 3.05) is 0 Å². The number of rotatable bonds is 2. The van der Waals surface area contributed by atoms with Gasteiger partial charge in [-0.3, -0.25) is 0 Å². The molecular weight excluding hydrogens is 230 g/mol. The van der Waals surface area contributed by atoms with Crippen molar-refractivity contribution >= 4 is 23.2 Å². The molecule has 0 radical (unpaired) electrons. The fourth-order valence-corrected chi connectivity index (χ4v) is 2.14. The molecule has 0 bridgehead atoms. The van der Waals surface area contributed by atoms with Crippen LogP contribution in [-0.2, 0) is 6.54 Å². The van der Waals surface area contributed by atoms with Gasteiger partial charge in [0.1, 0.15) is 4.64 Å². The van der Waals surface area contributed by atoms with Crippen molar-refractivity contribution < 1.29 is 4.52 Å².